The summed E-state index contributed by atoms with van der Waals surface area (Å²) in [6.45, 7) is 0.373. The Bertz CT molecular complexity index is 581. The minimum absolute atomic E-state index is 0.149. The molecular formula is C14H12F4N2. The average molecular weight is 284 g/mol. The van der Waals surface area contributed by atoms with Crippen molar-refractivity contribution < 1.29 is 17.6 Å². The van der Waals surface area contributed by atoms with Crippen LogP contribution in [0.25, 0.3) is 0 Å². The molecule has 0 aliphatic heterocycles. The molecule has 0 amide bonds. The SMILES string of the molecule is Fc1cccc(CCNc2cc(C(F)(F)F)ccn2)c1. The monoisotopic (exact) mass is 284 g/mol. The minimum atomic E-state index is -4.39. The number of benzene rings is 1. The van der Waals surface area contributed by atoms with E-state index in [0.717, 1.165) is 23.9 Å². The zero-order chi connectivity index (χ0) is 14.6. The van der Waals surface area contributed by atoms with E-state index in [0.29, 0.717) is 13.0 Å². The summed E-state index contributed by atoms with van der Waals surface area (Å²) in [5.74, 6) is -0.184. The van der Waals surface area contributed by atoms with Crippen LogP contribution in [0.15, 0.2) is 42.6 Å². The number of nitrogens with one attached hydrogen (secondary N) is 1. The highest BCUT2D eigenvalue weighted by Gasteiger charge is 2.30. The van der Waals surface area contributed by atoms with Crippen molar-refractivity contribution in [1.82, 2.24) is 4.98 Å². The smallest absolute Gasteiger partial charge is 0.370 e. The molecule has 1 heterocycles. The van der Waals surface area contributed by atoms with E-state index in [4.69, 9.17) is 0 Å². The van der Waals surface area contributed by atoms with Crippen molar-refractivity contribution in [3.8, 4) is 0 Å². The van der Waals surface area contributed by atoms with Crippen LogP contribution in [0, 0.1) is 5.82 Å². The third-order valence-electron chi connectivity index (χ3n) is 2.70. The molecule has 1 aromatic heterocycles. The highest BCUT2D eigenvalue weighted by molar-refractivity contribution is 5.38. The van der Waals surface area contributed by atoms with Gasteiger partial charge in [-0.15, -0.1) is 0 Å². The first-order chi connectivity index (χ1) is 9.45. The van der Waals surface area contributed by atoms with Gasteiger partial charge < -0.3 is 5.32 Å². The van der Waals surface area contributed by atoms with E-state index in [9.17, 15) is 17.6 Å². The van der Waals surface area contributed by atoms with Gasteiger partial charge in [0.2, 0.25) is 0 Å². The van der Waals surface area contributed by atoms with Crippen molar-refractivity contribution in [3.05, 3.63) is 59.5 Å². The van der Waals surface area contributed by atoms with Crippen molar-refractivity contribution in [2.24, 2.45) is 0 Å². The van der Waals surface area contributed by atoms with Gasteiger partial charge >= 0.3 is 6.18 Å². The number of halogens is 4. The van der Waals surface area contributed by atoms with Gasteiger partial charge in [0.1, 0.15) is 11.6 Å². The van der Waals surface area contributed by atoms with Crippen LogP contribution in [0.1, 0.15) is 11.1 Å². The maximum absolute atomic E-state index is 12.9. The van der Waals surface area contributed by atoms with E-state index in [2.05, 4.69) is 10.3 Å². The van der Waals surface area contributed by atoms with Gasteiger partial charge in [0.25, 0.3) is 0 Å². The first kappa shape index (κ1) is 14.3. The summed E-state index contributed by atoms with van der Waals surface area (Å²) < 4.78 is 50.5. The van der Waals surface area contributed by atoms with Gasteiger partial charge in [0, 0.05) is 12.7 Å². The van der Waals surface area contributed by atoms with Crippen LogP contribution >= 0.6 is 0 Å². The van der Waals surface area contributed by atoms with Gasteiger partial charge in [-0.3, -0.25) is 0 Å². The molecule has 0 spiro atoms. The highest BCUT2D eigenvalue weighted by Crippen LogP contribution is 2.29. The zero-order valence-corrected chi connectivity index (χ0v) is 10.4. The van der Waals surface area contributed by atoms with Crippen LogP contribution in [-0.4, -0.2) is 11.5 Å². The highest BCUT2D eigenvalue weighted by atomic mass is 19.4. The average Bonchev–Trinajstić information content (AvgIpc) is 2.38. The molecule has 0 saturated heterocycles. The molecule has 106 valence electrons. The van der Waals surface area contributed by atoms with Gasteiger partial charge in [0.05, 0.1) is 5.56 Å². The Morgan fingerprint density at radius 1 is 1.10 bits per heavy atom. The molecule has 2 aromatic rings. The van der Waals surface area contributed by atoms with Crippen LogP contribution in [0.5, 0.6) is 0 Å². The minimum Gasteiger partial charge on any atom is -0.370 e. The second kappa shape index (κ2) is 5.90. The topological polar surface area (TPSA) is 24.9 Å². The van der Waals surface area contributed by atoms with Crippen molar-refractivity contribution >= 4 is 5.82 Å². The first-order valence-corrected chi connectivity index (χ1v) is 5.97. The number of aromatic nitrogens is 1. The molecule has 0 fully saturated rings. The summed E-state index contributed by atoms with van der Waals surface area (Å²) in [4.78, 5) is 3.82. The molecule has 2 rings (SSSR count). The van der Waals surface area contributed by atoms with Gasteiger partial charge in [-0.05, 0) is 36.2 Å². The fourth-order valence-electron chi connectivity index (χ4n) is 1.73. The molecule has 6 heteroatoms. The molecule has 0 aliphatic rings. The largest absolute Gasteiger partial charge is 0.416 e. The van der Waals surface area contributed by atoms with E-state index in [1.807, 2.05) is 0 Å². The van der Waals surface area contributed by atoms with E-state index in [1.165, 1.54) is 12.1 Å². The molecule has 2 nitrogen and oxygen atoms in total. The third kappa shape index (κ3) is 3.94. The normalized spacial score (nSPS) is 11.4. The standard InChI is InChI=1S/C14H12F4N2/c15-12-3-1-2-10(8-12)4-6-19-13-9-11(5-7-20-13)14(16,17)18/h1-3,5,7-9H,4,6H2,(H,19,20). The molecule has 0 saturated carbocycles. The summed E-state index contributed by atoms with van der Waals surface area (Å²) >= 11 is 0. The van der Waals surface area contributed by atoms with E-state index < -0.39 is 11.7 Å². The maximum Gasteiger partial charge on any atom is 0.416 e. The predicted octanol–water partition coefficient (Wildman–Crippen LogP) is 3.89. The van der Waals surface area contributed by atoms with E-state index in [-0.39, 0.29) is 11.6 Å². The molecule has 20 heavy (non-hydrogen) atoms. The van der Waals surface area contributed by atoms with Crippen LogP contribution < -0.4 is 5.32 Å². The Kier molecular flexibility index (Phi) is 4.22. The molecule has 1 aromatic carbocycles. The van der Waals surface area contributed by atoms with Crippen molar-refractivity contribution in [2.75, 3.05) is 11.9 Å². The third-order valence-corrected chi connectivity index (χ3v) is 2.70. The number of alkyl halides is 3. The predicted molar refractivity (Wildman–Crippen MR) is 67.8 cm³/mol. The lowest BCUT2D eigenvalue weighted by molar-refractivity contribution is -0.137. The Morgan fingerprint density at radius 2 is 1.90 bits per heavy atom. The van der Waals surface area contributed by atoms with Crippen LogP contribution in [0.3, 0.4) is 0 Å². The molecule has 1 N–H and O–H groups in total. The number of rotatable bonds is 4. The summed E-state index contributed by atoms with van der Waals surface area (Å²) in [6, 6.07) is 7.94. The number of pyridine rings is 1. The second-order valence-corrected chi connectivity index (χ2v) is 4.23. The van der Waals surface area contributed by atoms with Gasteiger partial charge in [0.15, 0.2) is 0 Å². The molecule has 0 radical (unpaired) electrons. The van der Waals surface area contributed by atoms with Gasteiger partial charge in [-0.25, -0.2) is 9.37 Å². The van der Waals surface area contributed by atoms with Crippen molar-refractivity contribution in [1.29, 1.82) is 0 Å². The van der Waals surface area contributed by atoms with Gasteiger partial charge in [-0.2, -0.15) is 13.2 Å². The lowest BCUT2D eigenvalue weighted by atomic mass is 10.1. The van der Waals surface area contributed by atoms with Crippen molar-refractivity contribution in [3.63, 3.8) is 0 Å². The fraction of sp³-hybridized carbons (Fsp3) is 0.214. The molecule has 0 atom stereocenters. The Labute approximate surface area is 113 Å². The quantitative estimate of drug-likeness (QED) is 0.861. The summed E-state index contributed by atoms with van der Waals surface area (Å²) in [5.41, 5.74) is 0.0187. The lowest BCUT2D eigenvalue weighted by Gasteiger charge is -2.09. The molecule has 0 aliphatic carbocycles. The number of nitrogens with zero attached hydrogens (tertiary/aromatic N) is 1. The summed E-state index contributed by atoms with van der Waals surface area (Å²) in [5, 5.41) is 2.79. The molecule has 0 bridgehead atoms. The van der Waals surface area contributed by atoms with Gasteiger partial charge in [-0.1, -0.05) is 12.1 Å². The Hall–Kier alpha value is -2.11. The Balaban J connectivity index is 1.94. The molecule has 0 unspecified atom stereocenters. The van der Waals surface area contributed by atoms with E-state index >= 15 is 0 Å². The molecular weight excluding hydrogens is 272 g/mol. The number of hydrogen-bond donors (Lipinski definition) is 1. The summed E-state index contributed by atoms with van der Waals surface area (Å²) in [6.07, 6.45) is -2.79. The number of hydrogen-bond acceptors (Lipinski definition) is 2. The lowest BCUT2D eigenvalue weighted by Crippen LogP contribution is -2.09. The Morgan fingerprint density at radius 3 is 2.60 bits per heavy atom. The maximum atomic E-state index is 12.9. The second-order valence-electron chi connectivity index (χ2n) is 4.23. The first-order valence-electron chi connectivity index (χ1n) is 5.97. The van der Waals surface area contributed by atoms with Crippen LogP contribution in [0.4, 0.5) is 23.4 Å². The zero-order valence-electron chi connectivity index (χ0n) is 10.4. The van der Waals surface area contributed by atoms with Crippen LogP contribution in [0.2, 0.25) is 0 Å². The summed E-state index contributed by atoms with van der Waals surface area (Å²) in [7, 11) is 0. The number of anilines is 1. The van der Waals surface area contributed by atoms with E-state index in [1.54, 1.807) is 12.1 Å². The van der Waals surface area contributed by atoms with Crippen molar-refractivity contribution in [2.45, 2.75) is 12.6 Å². The fourth-order valence-corrected chi connectivity index (χ4v) is 1.73. The van der Waals surface area contributed by atoms with Crippen LogP contribution in [-0.2, 0) is 12.6 Å².